The summed E-state index contributed by atoms with van der Waals surface area (Å²) in [5, 5.41) is 8.30. The Morgan fingerprint density at radius 1 is 0.750 bits per heavy atom. The summed E-state index contributed by atoms with van der Waals surface area (Å²) in [5.74, 6) is 0.637. The molecule has 0 spiro atoms. The minimum absolute atomic E-state index is 0.637. The molecule has 1 aliphatic heterocycles. The lowest BCUT2D eigenvalue weighted by molar-refractivity contribution is 0.384. The van der Waals surface area contributed by atoms with Gasteiger partial charge < -0.3 is 9.80 Å². The SMILES string of the molecule is N=C(c1ccccc1)N1CCN(c2ccccc2)CC1. The molecule has 2 aromatic rings. The van der Waals surface area contributed by atoms with Crippen LogP contribution in [0.5, 0.6) is 0 Å². The summed E-state index contributed by atoms with van der Waals surface area (Å²) >= 11 is 0. The van der Waals surface area contributed by atoms with Crippen LogP contribution in [0.15, 0.2) is 60.7 Å². The van der Waals surface area contributed by atoms with Crippen molar-refractivity contribution in [1.82, 2.24) is 4.90 Å². The molecule has 1 N–H and O–H groups in total. The van der Waals surface area contributed by atoms with Gasteiger partial charge in [0.05, 0.1) is 0 Å². The standard InChI is InChI=1S/C17H19N3/c18-17(15-7-3-1-4-8-15)20-13-11-19(12-14-20)16-9-5-2-6-10-16/h1-10,18H,11-14H2. The first-order chi connectivity index (χ1) is 9.84. The van der Waals surface area contributed by atoms with Crippen LogP contribution in [-0.4, -0.2) is 36.9 Å². The van der Waals surface area contributed by atoms with Crippen molar-refractivity contribution in [2.24, 2.45) is 0 Å². The number of piperazine rings is 1. The van der Waals surface area contributed by atoms with E-state index in [1.165, 1.54) is 5.69 Å². The molecule has 1 aliphatic rings. The van der Waals surface area contributed by atoms with Gasteiger partial charge in [0.2, 0.25) is 0 Å². The van der Waals surface area contributed by atoms with Gasteiger partial charge in [-0.3, -0.25) is 5.41 Å². The molecule has 0 atom stereocenters. The summed E-state index contributed by atoms with van der Waals surface area (Å²) in [4.78, 5) is 4.55. The van der Waals surface area contributed by atoms with Crippen LogP contribution < -0.4 is 4.90 Å². The van der Waals surface area contributed by atoms with E-state index in [4.69, 9.17) is 5.41 Å². The third kappa shape index (κ3) is 2.67. The van der Waals surface area contributed by atoms with E-state index in [0.29, 0.717) is 5.84 Å². The van der Waals surface area contributed by atoms with Gasteiger partial charge in [0.25, 0.3) is 0 Å². The van der Waals surface area contributed by atoms with Gasteiger partial charge in [0.15, 0.2) is 0 Å². The molecule has 1 saturated heterocycles. The van der Waals surface area contributed by atoms with Gasteiger partial charge in [0.1, 0.15) is 5.84 Å². The number of rotatable bonds is 2. The highest BCUT2D eigenvalue weighted by Gasteiger charge is 2.19. The first-order valence-electron chi connectivity index (χ1n) is 7.03. The van der Waals surface area contributed by atoms with Crippen LogP contribution in [0.1, 0.15) is 5.56 Å². The van der Waals surface area contributed by atoms with Crippen LogP contribution in [0.25, 0.3) is 0 Å². The molecule has 0 amide bonds. The Labute approximate surface area is 120 Å². The normalized spacial score (nSPS) is 15.2. The fourth-order valence-electron chi connectivity index (χ4n) is 2.61. The molecule has 20 heavy (non-hydrogen) atoms. The number of benzene rings is 2. The highest BCUT2D eigenvalue weighted by Crippen LogP contribution is 2.16. The van der Waals surface area contributed by atoms with Crippen LogP contribution in [0.3, 0.4) is 0 Å². The van der Waals surface area contributed by atoms with Gasteiger partial charge in [-0.25, -0.2) is 0 Å². The van der Waals surface area contributed by atoms with E-state index in [1.54, 1.807) is 0 Å². The quantitative estimate of drug-likeness (QED) is 0.668. The minimum atomic E-state index is 0.637. The largest absolute Gasteiger partial charge is 0.368 e. The Morgan fingerprint density at radius 3 is 1.90 bits per heavy atom. The number of nitrogens with one attached hydrogen (secondary N) is 1. The Bertz CT molecular complexity index is 557. The number of anilines is 1. The Morgan fingerprint density at radius 2 is 1.30 bits per heavy atom. The fraction of sp³-hybridized carbons (Fsp3) is 0.235. The third-order valence-electron chi connectivity index (χ3n) is 3.76. The molecule has 102 valence electrons. The molecule has 0 bridgehead atoms. The first kappa shape index (κ1) is 12.7. The fourth-order valence-corrected chi connectivity index (χ4v) is 2.61. The Kier molecular flexibility index (Phi) is 3.68. The molecule has 0 aromatic heterocycles. The molecule has 3 rings (SSSR count). The lowest BCUT2D eigenvalue weighted by Crippen LogP contribution is -2.48. The predicted octanol–water partition coefficient (Wildman–Crippen LogP) is 2.83. The molecule has 3 nitrogen and oxygen atoms in total. The van der Waals surface area contributed by atoms with E-state index in [9.17, 15) is 0 Å². The molecule has 0 aliphatic carbocycles. The summed E-state index contributed by atoms with van der Waals surface area (Å²) < 4.78 is 0. The monoisotopic (exact) mass is 265 g/mol. The van der Waals surface area contributed by atoms with E-state index in [-0.39, 0.29) is 0 Å². The van der Waals surface area contributed by atoms with E-state index in [2.05, 4.69) is 34.1 Å². The molecule has 0 unspecified atom stereocenters. The second-order valence-corrected chi connectivity index (χ2v) is 5.02. The van der Waals surface area contributed by atoms with E-state index in [0.717, 1.165) is 31.7 Å². The topological polar surface area (TPSA) is 30.3 Å². The minimum Gasteiger partial charge on any atom is -0.368 e. The molecule has 2 aromatic carbocycles. The maximum atomic E-state index is 8.30. The molecule has 3 heteroatoms. The van der Waals surface area contributed by atoms with E-state index in [1.807, 2.05) is 36.4 Å². The Hall–Kier alpha value is -2.29. The predicted molar refractivity (Wildman–Crippen MR) is 83.5 cm³/mol. The van der Waals surface area contributed by atoms with Crippen LogP contribution >= 0.6 is 0 Å². The van der Waals surface area contributed by atoms with Gasteiger partial charge in [-0.05, 0) is 12.1 Å². The van der Waals surface area contributed by atoms with Gasteiger partial charge in [-0.1, -0.05) is 48.5 Å². The highest BCUT2D eigenvalue weighted by molar-refractivity contribution is 5.96. The zero-order valence-electron chi connectivity index (χ0n) is 11.5. The molecular weight excluding hydrogens is 246 g/mol. The van der Waals surface area contributed by atoms with Crippen molar-refractivity contribution < 1.29 is 0 Å². The van der Waals surface area contributed by atoms with Crippen molar-refractivity contribution in [1.29, 1.82) is 5.41 Å². The maximum absolute atomic E-state index is 8.30. The van der Waals surface area contributed by atoms with Crippen LogP contribution in [-0.2, 0) is 0 Å². The van der Waals surface area contributed by atoms with Crippen LogP contribution in [0.2, 0.25) is 0 Å². The van der Waals surface area contributed by atoms with Crippen molar-refractivity contribution >= 4 is 11.5 Å². The molecule has 0 saturated carbocycles. The number of para-hydroxylation sites is 1. The smallest absolute Gasteiger partial charge is 0.128 e. The molecule has 0 radical (unpaired) electrons. The molecular formula is C17H19N3. The number of hydrogen-bond acceptors (Lipinski definition) is 2. The maximum Gasteiger partial charge on any atom is 0.128 e. The summed E-state index contributed by atoms with van der Waals surface area (Å²) in [7, 11) is 0. The summed E-state index contributed by atoms with van der Waals surface area (Å²) in [5.41, 5.74) is 2.28. The van der Waals surface area contributed by atoms with Gasteiger partial charge in [-0.2, -0.15) is 0 Å². The number of hydrogen-bond donors (Lipinski definition) is 1. The van der Waals surface area contributed by atoms with Gasteiger partial charge in [-0.15, -0.1) is 0 Å². The van der Waals surface area contributed by atoms with Crippen LogP contribution in [0, 0.1) is 5.41 Å². The van der Waals surface area contributed by atoms with Gasteiger partial charge in [0, 0.05) is 37.4 Å². The zero-order chi connectivity index (χ0) is 13.8. The second kappa shape index (κ2) is 5.78. The lowest BCUT2D eigenvalue weighted by atomic mass is 10.1. The first-order valence-corrected chi connectivity index (χ1v) is 7.03. The average Bonchev–Trinajstić information content (AvgIpc) is 2.56. The summed E-state index contributed by atoms with van der Waals surface area (Å²) in [6.45, 7) is 3.75. The van der Waals surface area contributed by atoms with Crippen molar-refractivity contribution in [3.05, 3.63) is 66.2 Å². The van der Waals surface area contributed by atoms with E-state index < -0.39 is 0 Å². The number of nitrogens with zero attached hydrogens (tertiary/aromatic N) is 2. The summed E-state index contributed by atoms with van der Waals surface area (Å²) in [6.07, 6.45) is 0. The van der Waals surface area contributed by atoms with Crippen molar-refractivity contribution in [3.8, 4) is 0 Å². The lowest BCUT2D eigenvalue weighted by Gasteiger charge is -2.37. The average molecular weight is 265 g/mol. The van der Waals surface area contributed by atoms with Gasteiger partial charge >= 0.3 is 0 Å². The third-order valence-corrected chi connectivity index (χ3v) is 3.76. The summed E-state index contributed by atoms with van der Waals surface area (Å²) in [6, 6.07) is 20.5. The molecule has 1 heterocycles. The van der Waals surface area contributed by atoms with Crippen LogP contribution in [0.4, 0.5) is 5.69 Å². The van der Waals surface area contributed by atoms with E-state index >= 15 is 0 Å². The van der Waals surface area contributed by atoms with Crippen molar-refractivity contribution in [2.45, 2.75) is 0 Å². The Balaban J connectivity index is 1.63. The molecule has 1 fully saturated rings. The van der Waals surface area contributed by atoms with Crippen molar-refractivity contribution in [3.63, 3.8) is 0 Å². The van der Waals surface area contributed by atoms with Crippen molar-refractivity contribution in [2.75, 3.05) is 31.1 Å². The number of amidine groups is 1. The zero-order valence-corrected chi connectivity index (χ0v) is 11.5. The second-order valence-electron chi connectivity index (χ2n) is 5.02. The highest BCUT2D eigenvalue weighted by atomic mass is 15.3.